The van der Waals surface area contributed by atoms with E-state index in [1.807, 2.05) is 0 Å². The van der Waals surface area contributed by atoms with Crippen molar-refractivity contribution in [3.05, 3.63) is 28.0 Å². The molecule has 3 heterocycles. The predicted molar refractivity (Wildman–Crippen MR) is 82.4 cm³/mol. The van der Waals surface area contributed by atoms with Crippen molar-refractivity contribution < 1.29 is 28.4 Å². The van der Waals surface area contributed by atoms with Crippen LogP contribution in [0, 0.1) is 10.1 Å². The summed E-state index contributed by atoms with van der Waals surface area (Å²) in [6.07, 6.45) is -0.115. The molecule has 11 heteroatoms. The van der Waals surface area contributed by atoms with E-state index in [1.54, 1.807) is 0 Å². The highest BCUT2D eigenvalue weighted by molar-refractivity contribution is 6.34. The van der Waals surface area contributed by atoms with E-state index in [0.29, 0.717) is 19.8 Å². The summed E-state index contributed by atoms with van der Waals surface area (Å²) in [5.41, 5.74) is 0. The van der Waals surface area contributed by atoms with Crippen LogP contribution in [0.3, 0.4) is 0 Å². The Hall–Kier alpha value is -2.79. The van der Waals surface area contributed by atoms with E-state index >= 15 is 0 Å². The predicted octanol–water partition coefficient (Wildman–Crippen LogP) is 0.509. The van der Waals surface area contributed by atoms with E-state index < -0.39 is 22.7 Å². The minimum absolute atomic E-state index is 0.221. The maximum atomic E-state index is 11.9. The molecular formula is C14H16N4O7. The number of cyclic esters (lactones) is 1. The molecule has 11 nitrogen and oxygen atoms in total. The largest absolute Gasteiger partial charge is 0.441 e. The van der Waals surface area contributed by atoms with Gasteiger partial charge in [0.25, 0.3) is 0 Å². The van der Waals surface area contributed by atoms with Crippen molar-refractivity contribution in [2.24, 2.45) is 5.10 Å². The molecule has 25 heavy (non-hydrogen) atoms. The van der Waals surface area contributed by atoms with Gasteiger partial charge >= 0.3 is 12.0 Å². The zero-order chi connectivity index (χ0) is 17.8. The fraction of sp³-hybridized carbons (Fsp3) is 0.500. The Morgan fingerprint density at radius 2 is 2.16 bits per heavy atom. The Morgan fingerprint density at radius 3 is 2.84 bits per heavy atom. The molecule has 3 rings (SSSR count). The number of hydrogen-bond acceptors (Lipinski definition) is 9. The maximum Gasteiger partial charge on any atom is 0.433 e. The topological polar surface area (TPSA) is 128 Å². The van der Waals surface area contributed by atoms with Gasteiger partial charge in [-0.1, -0.05) is 0 Å². The molecule has 2 saturated heterocycles. The number of ether oxygens (including phenoxy) is 2. The summed E-state index contributed by atoms with van der Waals surface area (Å²) in [5.74, 6) is -1.45. The highest BCUT2D eigenvalue weighted by Crippen LogP contribution is 2.16. The van der Waals surface area contributed by atoms with Gasteiger partial charge in [0.15, 0.2) is 5.76 Å². The molecule has 134 valence electrons. The fourth-order valence-corrected chi connectivity index (χ4v) is 2.51. The first-order chi connectivity index (χ1) is 12.0. The van der Waals surface area contributed by atoms with Crippen LogP contribution in [0.4, 0.5) is 10.7 Å². The zero-order valence-electron chi connectivity index (χ0n) is 13.2. The number of nitro groups is 1. The lowest BCUT2D eigenvalue weighted by Gasteiger charge is -2.27. The number of furan rings is 1. The minimum Gasteiger partial charge on any atom is -0.441 e. The van der Waals surface area contributed by atoms with Crippen molar-refractivity contribution in [1.29, 1.82) is 0 Å². The summed E-state index contributed by atoms with van der Waals surface area (Å²) in [5, 5.41) is 15.4. The van der Waals surface area contributed by atoms with Crippen molar-refractivity contribution in [3.63, 3.8) is 0 Å². The molecule has 0 radical (unpaired) electrons. The van der Waals surface area contributed by atoms with E-state index in [4.69, 9.17) is 13.9 Å². The second-order valence-electron chi connectivity index (χ2n) is 5.50. The molecule has 0 saturated carbocycles. The number of amides is 1. The van der Waals surface area contributed by atoms with Crippen LogP contribution in [0.2, 0.25) is 0 Å². The van der Waals surface area contributed by atoms with Crippen molar-refractivity contribution in [3.8, 4) is 0 Å². The van der Waals surface area contributed by atoms with Crippen molar-refractivity contribution in [2.75, 3.05) is 39.4 Å². The number of hydrazone groups is 1. The third kappa shape index (κ3) is 4.19. The molecule has 0 spiro atoms. The minimum atomic E-state index is -0.748. The van der Waals surface area contributed by atoms with Gasteiger partial charge in [-0.05, 0) is 6.07 Å². The van der Waals surface area contributed by atoms with Crippen LogP contribution in [0.25, 0.3) is 0 Å². The highest BCUT2D eigenvalue weighted by Gasteiger charge is 2.33. The lowest BCUT2D eigenvalue weighted by Crippen LogP contribution is -2.41. The standard InChI is InChI=1S/C14H16N4O7/c19-11(12-1-2-13(25-12)18(21)22)7-15-17-9-10(24-14(17)20)8-16-3-5-23-6-4-16/h1-2,7,10H,3-6,8-9H2. The Bertz CT molecular complexity index is 695. The van der Waals surface area contributed by atoms with Crippen LogP contribution in [0.15, 0.2) is 21.7 Å². The molecule has 2 fully saturated rings. The van der Waals surface area contributed by atoms with E-state index in [9.17, 15) is 19.7 Å². The lowest BCUT2D eigenvalue weighted by molar-refractivity contribution is -0.402. The van der Waals surface area contributed by atoms with Crippen LogP contribution < -0.4 is 0 Å². The van der Waals surface area contributed by atoms with Crippen molar-refractivity contribution in [1.82, 2.24) is 9.91 Å². The smallest absolute Gasteiger partial charge is 0.433 e. The van der Waals surface area contributed by atoms with E-state index in [2.05, 4.69) is 10.0 Å². The normalized spacial score (nSPS) is 21.7. The summed E-state index contributed by atoms with van der Waals surface area (Å²) in [6.45, 7) is 3.62. The average Bonchev–Trinajstić information content (AvgIpc) is 3.21. The third-order valence-electron chi connectivity index (χ3n) is 3.75. The maximum absolute atomic E-state index is 11.9. The Morgan fingerprint density at radius 1 is 1.40 bits per heavy atom. The number of carbonyl (C=O) groups is 2. The first-order valence-corrected chi connectivity index (χ1v) is 7.64. The second-order valence-corrected chi connectivity index (χ2v) is 5.50. The number of Topliss-reactive ketones (excluding diaryl/α,β-unsaturated/α-hetero) is 1. The fourth-order valence-electron chi connectivity index (χ4n) is 2.51. The molecule has 0 aliphatic carbocycles. The van der Waals surface area contributed by atoms with E-state index in [-0.39, 0.29) is 18.4 Å². The van der Waals surface area contributed by atoms with E-state index in [0.717, 1.165) is 30.4 Å². The molecule has 1 aromatic rings. The summed E-state index contributed by atoms with van der Waals surface area (Å²) < 4.78 is 15.3. The highest BCUT2D eigenvalue weighted by atomic mass is 16.6. The van der Waals surface area contributed by atoms with Crippen molar-refractivity contribution in [2.45, 2.75) is 6.10 Å². The second kappa shape index (κ2) is 7.40. The summed E-state index contributed by atoms with van der Waals surface area (Å²) >= 11 is 0. The van der Waals surface area contributed by atoms with Gasteiger partial charge in [0.2, 0.25) is 5.78 Å². The van der Waals surface area contributed by atoms with Gasteiger partial charge in [-0.25, -0.2) is 4.79 Å². The van der Waals surface area contributed by atoms with Crippen LogP contribution >= 0.6 is 0 Å². The summed E-state index contributed by atoms with van der Waals surface area (Å²) in [7, 11) is 0. The zero-order valence-corrected chi connectivity index (χ0v) is 13.2. The number of hydrogen-bond donors (Lipinski definition) is 0. The summed E-state index contributed by atoms with van der Waals surface area (Å²) in [4.78, 5) is 35.6. The number of ketones is 1. The van der Waals surface area contributed by atoms with E-state index in [1.165, 1.54) is 6.07 Å². The quantitative estimate of drug-likeness (QED) is 0.313. The molecule has 1 atom stereocenters. The number of carbonyl (C=O) groups excluding carboxylic acids is 2. The number of rotatable bonds is 6. The number of morpholine rings is 1. The molecule has 2 aliphatic heterocycles. The Kier molecular flexibility index (Phi) is 5.05. The molecule has 0 aromatic carbocycles. The Balaban J connectivity index is 1.54. The van der Waals surface area contributed by atoms with Crippen LogP contribution in [0.5, 0.6) is 0 Å². The van der Waals surface area contributed by atoms with Crippen LogP contribution in [-0.4, -0.2) is 78.4 Å². The van der Waals surface area contributed by atoms with Crippen LogP contribution in [0.1, 0.15) is 10.6 Å². The molecule has 1 aromatic heterocycles. The van der Waals surface area contributed by atoms with Gasteiger partial charge in [0, 0.05) is 19.6 Å². The Labute approximate surface area is 141 Å². The SMILES string of the molecule is O=C(C=NN1CC(CN2CCOCC2)OC1=O)c1ccc([N+](=O)[O-])o1. The van der Waals surface area contributed by atoms with Gasteiger partial charge in [0.1, 0.15) is 11.0 Å². The van der Waals surface area contributed by atoms with Gasteiger partial charge in [-0.3, -0.25) is 19.8 Å². The first kappa shape index (κ1) is 17.0. The van der Waals surface area contributed by atoms with Crippen molar-refractivity contribution >= 4 is 24.0 Å². The van der Waals surface area contributed by atoms with Gasteiger partial charge < -0.3 is 13.9 Å². The monoisotopic (exact) mass is 352 g/mol. The van der Waals surface area contributed by atoms with Gasteiger partial charge in [-0.2, -0.15) is 10.1 Å². The first-order valence-electron chi connectivity index (χ1n) is 7.64. The molecular weight excluding hydrogens is 336 g/mol. The number of nitrogens with zero attached hydrogens (tertiary/aromatic N) is 4. The molecule has 1 amide bonds. The lowest BCUT2D eigenvalue weighted by atomic mass is 10.3. The van der Waals surface area contributed by atoms with Crippen LogP contribution in [-0.2, 0) is 9.47 Å². The molecule has 0 bridgehead atoms. The molecule has 0 N–H and O–H groups in total. The summed E-state index contributed by atoms with van der Waals surface area (Å²) in [6, 6.07) is 2.25. The molecule has 2 aliphatic rings. The van der Waals surface area contributed by atoms with Gasteiger partial charge in [0.05, 0.1) is 32.0 Å². The molecule has 1 unspecified atom stereocenters. The van der Waals surface area contributed by atoms with Gasteiger partial charge in [-0.15, -0.1) is 0 Å². The third-order valence-corrected chi connectivity index (χ3v) is 3.75. The average molecular weight is 352 g/mol.